The fourth-order valence-electron chi connectivity index (χ4n) is 3.65. The normalized spacial score (nSPS) is 27.3. The van der Waals surface area contributed by atoms with Crippen molar-refractivity contribution in [2.24, 2.45) is 11.8 Å². The van der Waals surface area contributed by atoms with E-state index in [0.29, 0.717) is 12.0 Å². The zero-order chi connectivity index (χ0) is 14.8. The third-order valence-corrected chi connectivity index (χ3v) is 4.68. The van der Waals surface area contributed by atoms with Gasteiger partial charge < -0.3 is 21.3 Å². The van der Waals surface area contributed by atoms with Gasteiger partial charge in [0.1, 0.15) is 11.6 Å². The monoisotopic (exact) mass is 290 g/mol. The van der Waals surface area contributed by atoms with Crippen molar-refractivity contribution in [1.82, 2.24) is 14.9 Å². The molecule has 21 heavy (non-hydrogen) atoms. The number of hydrogen-bond donors (Lipinski definition) is 3. The Kier molecular flexibility index (Phi) is 4.14. The van der Waals surface area contributed by atoms with Crippen molar-refractivity contribution in [3.63, 3.8) is 0 Å². The number of hydrogen-bond acceptors (Lipinski definition) is 6. The van der Waals surface area contributed by atoms with Gasteiger partial charge in [0, 0.05) is 25.2 Å². The van der Waals surface area contributed by atoms with Crippen LogP contribution >= 0.6 is 0 Å². The Morgan fingerprint density at radius 3 is 2.71 bits per heavy atom. The lowest BCUT2D eigenvalue weighted by Gasteiger charge is -2.23. The molecule has 2 aliphatic carbocycles. The van der Waals surface area contributed by atoms with Crippen LogP contribution in [0.3, 0.4) is 0 Å². The molecule has 0 saturated heterocycles. The molecule has 4 N–H and O–H groups in total. The van der Waals surface area contributed by atoms with E-state index in [1.165, 1.54) is 25.7 Å². The Bertz CT molecular complexity index is 489. The lowest BCUT2D eigenvalue weighted by molar-refractivity contribution is 0.425. The molecule has 1 aromatic heterocycles. The summed E-state index contributed by atoms with van der Waals surface area (Å²) < 4.78 is 0. The van der Waals surface area contributed by atoms with Gasteiger partial charge in [0.25, 0.3) is 0 Å². The van der Waals surface area contributed by atoms with Gasteiger partial charge in [-0.15, -0.1) is 0 Å². The van der Waals surface area contributed by atoms with Crippen LogP contribution in [0.4, 0.5) is 17.6 Å². The average molecular weight is 290 g/mol. The number of rotatable bonds is 6. The second-order valence-electron chi connectivity index (χ2n) is 6.65. The first-order valence-corrected chi connectivity index (χ1v) is 7.90. The Hall–Kier alpha value is -1.56. The minimum atomic E-state index is 0.329. The second kappa shape index (κ2) is 6.05. The molecule has 3 unspecified atom stereocenters. The van der Waals surface area contributed by atoms with Gasteiger partial charge >= 0.3 is 0 Å². The van der Waals surface area contributed by atoms with Crippen LogP contribution in [0.1, 0.15) is 25.7 Å². The van der Waals surface area contributed by atoms with E-state index in [1.54, 1.807) is 0 Å². The van der Waals surface area contributed by atoms with Crippen molar-refractivity contribution >= 4 is 17.6 Å². The van der Waals surface area contributed by atoms with E-state index in [9.17, 15) is 0 Å². The fraction of sp³-hybridized carbons (Fsp3) is 0.733. The molecule has 3 rings (SSSR count). The van der Waals surface area contributed by atoms with Gasteiger partial charge in [0.2, 0.25) is 5.95 Å². The van der Waals surface area contributed by atoms with Crippen molar-refractivity contribution in [2.45, 2.75) is 31.7 Å². The maximum Gasteiger partial charge on any atom is 0.223 e. The van der Waals surface area contributed by atoms with Crippen LogP contribution in [0.25, 0.3) is 0 Å². The van der Waals surface area contributed by atoms with E-state index in [1.807, 2.05) is 6.07 Å². The first-order valence-electron chi connectivity index (χ1n) is 7.90. The third-order valence-electron chi connectivity index (χ3n) is 4.68. The van der Waals surface area contributed by atoms with Gasteiger partial charge in [-0.05, 0) is 45.2 Å². The lowest BCUT2D eigenvalue weighted by atomic mass is 9.95. The average Bonchev–Trinajstić information content (AvgIpc) is 2.99. The number of fused-ring (bicyclic) bond motifs is 2. The predicted octanol–water partition coefficient (Wildman–Crippen LogP) is 1.63. The molecule has 0 radical (unpaired) electrons. The molecule has 2 fully saturated rings. The molecule has 1 heterocycles. The van der Waals surface area contributed by atoms with E-state index >= 15 is 0 Å². The molecular weight excluding hydrogens is 264 g/mol. The van der Waals surface area contributed by atoms with E-state index < -0.39 is 0 Å². The first kappa shape index (κ1) is 14.4. The largest absolute Gasteiger partial charge is 0.369 e. The van der Waals surface area contributed by atoms with Crippen molar-refractivity contribution in [1.29, 1.82) is 0 Å². The molecule has 0 aliphatic heterocycles. The summed E-state index contributed by atoms with van der Waals surface area (Å²) in [6.07, 6.45) is 5.42. The Balaban J connectivity index is 1.61. The molecule has 6 nitrogen and oxygen atoms in total. The van der Waals surface area contributed by atoms with Crippen LogP contribution in [0.5, 0.6) is 0 Å². The number of anilines is 3. The summed E-state index contributed by atoms with van der Waals surface area (Å²) in [6, 6.07) is 2.53. The van der Waals surface area contributed by atoms with Gasteiger partial charge in [-0.3, -0.25) is 0 Å². The van der Waals surface area contributed by atoms with E-state index in [4.69, 9.17) is 5.73 Å². The number of likely N-dealkylation sites (N-methyl/N-ethyl adjacent to an activating group) is 1. The van der Waals surface area contributed by atoms with Crippen molar-refractivity contribution in [3.8, 4) is 0 Å². The summed E-state index contributed by atoms with van der Waals surface area (Å²) in [6.45, 7) is 1.80. The van der Waals surface area contributed by atoms with Gasteiger partial charge in [0.15, 0.2) is 0 Å². The van der Waals surface area contributed by atoms with Crippen LogP contribution in [0.15, 0.2) is 6.07 Å². The molecule has 0 amide bonds. The number of nitrogens with one attached hydrogen (secondary N) is 2. The minimum Gasteiger partial charge on any atom is -0.369 e. The summed E-state index contributed by atoms with van der Waals surface area (Å²) in [5, 5.41) is 6.87. The van der Waals surface area contributed by atoms with Crippen LogP contribution in [-0.4, -0.2) is 48.1 Å². The van der Waals surface area contributed by atoms with Crippen molar-refractivity contribution in [2.75, 3.05) is 43.6 Å². The highest BCUT2D eigenvalue weighted by atomic mass is 15.1. The molecule has 0 spiro atoms. The predicted molar refractivity (Wildman–Crippen MR) is 86.3 cm³/mol. The molecular formula is C15H26N6. The van der Waals surface area contributed by atoms with E-state index in [-0.39, 0.29) is 0 Å². The van der Waals surface area contributed by atoms with Crippen molar-refractivity contribution in [3.05, 3.63) is 6.07 Å². The smallest absolute Gasteiger partial charge is 0.223 e. The molecule has 6 heteroatoms. The van der Waals surface area contributed by atoms with Gasteiger partial charge in [-0.1, -0.05) is 6.42 Å². The quantitative estimate of drug-likeness (QED) is 0.739. The standard InChI is InChI=1S/C15H26N6/c1-21(2)6-5-17-13-9-14(20-15(16)19-13)18-12-8-10-3-4-11(12)7-10/h9-12H,3-8H2,1-2H3,(H4,16,17,18,19,20). The summed E-state index contributed by atoms with van der Waals surface area (Å²) in [7, 11) is 4.11. The number of nitrogen functional groups attached to an aromatic ring is 1. The highest BCUT2D eigenvalue weighted by molar-refractivity contribution is 5.51. The number of aromatic nitrogens is 2. The fourth-order valence-corrected chi connectivity index (χ4v) is 3.65. The first-order chi connectivity index (χ1) is 10.1. The topological polar surface area (TPSA) is 79.1 Å². The van der Waals surface area contributed by atoms with Crippen LogP contribution in [-0.2, 0) is 0 Å². The van der Waals surface area contributed by atoms with Gasteiger partial charge in [0.05, 0.1) is 0 Å². The zero-order valence-electron chi connectivity index (χ0n) is 13.0. The zero-order valence-corrected chi connectivity index (χ0v) is 13.0. The van der Waals surface area contributed by atoms with Crippen LogP contribution in [0, 0.1) is 11.8 Å². The summed E-state index contributed by atoms with van der Waals surface area (Å²) in [5.74, 6) is 3.72. The van der Waals surface area contributed by atoms with E-state index in [2.05, 4.69) is 39.6 Å². The number of nitrogens with zero attached hydrogens (tertiary/aromatic N) is 3. The molecule has 2 aliphatic rings. The highest BCUT2D eigenvalue weighted by Crippen LogP contribution is 2.45. The van der Waals surface area contributed by atoms with Gasteiger partial charge in [-0.2, -0.15) is 9.97 Å². The Morgan fingerprint density at radius 2 is 2.05 bits per heavy atom. The summed E-state index contributed by atoms with van der Waals surface area (Å²) in [4.78, 5) is 10.7. The Morgan fingerprint density at radius 1 is 1.24 bits per heavy atom. The number of nitrogens with two attached hydrogens (primary N) is 1. The minimum absolute atomic E-state index is 0.329. The van der Waals surface area contributed by atoms with E-state index in [0.717, 1.165) is 36.6 Å². The van der Waals surface area contributed by atoms with Crippen LogP contribution in [0.2, 0.25) is 0 Å². The highest BCUT2D eigenvalue weighted by Gasteiger charge is 2.39. The molecule has 116 valence electrons. The molecule has 0 aromatic carbocycles. The SMILES string of the molecule is CN(C)CCNc1cc(NC2CC3CCC2C3)nc(N)n1. The van der Waals surface area contributed by atoms with Crippen LogP contribution < -0.4 is 16.4 Å². The third kappa shape index (κ3) is 3.56. The molecule has 3 atom stereocenters. The molecule has 2 saturated carbocycles. The molecule has 1 aromatic rings. The Labute approximate surface area is 126 Å². The van der Waals surface area contributed by atoms with Gasteiger partial charge in [-0.25, -0.2) is 0 Å². The maximum atomic E-state index is 5.83. The summed E-state index contributed by atoms with van der Waals surface area (Å²) in [5.41, 5.74) is 5.83. The lowest BCUT2D eigenvalue weighted by Crippen LogP contribution is -2.26. The maximum absolute atomic E-state index is 5.83. The second-order valence-corrected chi connectivity index (χ2v) is 6.65. The van der Waals surface area contributed by atoms with Crippen molar-refractivity contribution < 1.29 is 0 Å². The molecule has 2 bridgehead atoms. The summed E-state index contributed by atoms with van der Waals surface area (Å²) >= 11 is 0.